The normalized spacial score (nSPS) is 27.2. The summed E-state index contributed by atoms with van der Waals surface area (Å²) in [7, 11) is 1.61. The Morgan fingerprint density at radius 1 is 1.30 bits per heavy atom. The molecule has 1 saturated carbocycles. The highest BCUT2D eigenvalue weighted by Gasteiger charge is 2.42. The number of amides is 1. The van der Waals surface area contributed by atoms with Gasteiger partial charge in [0.1, 0.15) is 0 Å². The molecule has 4 atom stereocenters. The molecular formula is C15H27NO4. The molecule has 0 spiro atoms. The van der Waals surface area contributed by atoms with E-state index in [9.17, 15) is 14.7 Å². The summed E-state index contributed by atoms with van der Waals surface area (Å²) in [5.41, 5.74) is 0. The Morgan fingerprint density at radius 2 is 1.95 bits per heavy atom. The third-order valence-electron chi connectivity index (χ3n) is 4.24. The molecule has 1 aliphatic carbocycles. The molecule has 5 nitrogen and oxygen atoms in total. The molecule has 1 rings (SSSR count). The van der Waals surface area contributed by atoms with Crippen molar-refractivity contribution < 1.29 is 19.4 Å². The van der Waals surface area contributed by atoms with Crippen molar-refractivity contribution in [2.24, 2.45) is 17.8 Å². The van der Waals surface area contributed by atoms with Crippen LogP contribution < -0.4 is 5.32 Å². The van der Waals surface area contributed by atoms with Crippen LogP contribution in [0.25, 0.3) is 0 Å². The van der Waals surface area contributed by atoms with Gasteiger partial charge in [-0.3, -0.25) is 9.59 Å². The number of carboxylic acid groups (broad SMARTS) is 1. The lowest BCUT2D eigenvalue weighted by atomic mass is 9.95. The van der Waals surface area contributed by atoms with Crippen molar-refractivity contribution in [3.8, 4) is 0 Å². The zero-order chi connectivity index (χ0) is 15.1. The number of hydrogen-bond donors (Lipinski definition) is 2. The average molecular weight is 285 g/mol. The van der Waals surface area contributed by atoms with E-state index >= 15 is 0 Å². The fourth-order valence-electron chi connectivity index (χ4n) is 3.09. The third-order valence-corrected chi connectivity index (χ3v) is 4.24. The van der Waals surface area contributed by atoms with Crippen LogP contribution in [0.4, 0.5) is 0 Å². The van der Waals surface area contributed by atoms with E-state index in [2.05, 4.69) is 19.2 Å². The highest BCUT2D eigenvalue weighted by molar-refractivity contribution is 5.85. The second-order valence-corrected chi connectivity index (χ2v) is 5.75. The minimum atomic E-state index is -0.847. The first kappa shape index (κ1) is 17.0. The van der Waals surface area contributed by atoms with Gasteiger partial charge in [0.25, 0.3) is 0 Å². The number of carbonyl (C=O) groups is 2. The molecule has 0 radical (unpaired) electrons. The Hall–Kier alpha value is -1.10. The maximum absolute atomic E-state index is 12.4. The third kappa shape index (κ3) is 4.47. The molecule has 5 heteroatoms. The fourth-order valence-corrected chi connectivity index (χ4v) is 3.09. The summed E-state index contributed by atoms with van der Waals surface area (Å²) in [6, 6.07) is -0.0207. The van der Waals surface area contributed by atoms with Gasteiger partial charge in [-0.05, 0) is 25.2 Å². The average Bonchev–Trinajstić information content (AvgIpc) is 2.83. The Morgan fingerprint density at radius 3 is 2.45 bits per heavy atom. The molecule has 2 unspecified atom stereocenters. The number of ether oxygens (including phenoxy) is 1. The first-order chi connectivity index (χ1) is 9.53. The van der Waals surface area contributed by atoms with Crippen LogP contribution in [0.15, 0.2) is 0 Å². The number of carbonyl (C=O) groups excluding carboxylic acids is 1. The van der Waals surface area contributed by atoms with Gasteiger partial charge in [0, 0.05) is 7.11 Å². The standard InChI is InChI=1S/C15H27NO4/c1-4-6-11(9-20-3)16-14(17)12-7-10(5-2)8-13(12)15(18)19/h10-13H,4-9H2,1-3H3,(H,16,17)(H,18,19)/t10?,11?,12-,13+/m0/s1. The van der Waals surface area contributed by atoms with Crippen molar-refractivity contribution >= 4 is 11.9 Å². The van der Waals surface area contributed by atoms with Crippen LogP contribution in [0.2, 0.25) is 0 Å². The van der Waals surface area contributed by atoms with E-state index in [0.29, 0.717) is 25.4 Å². The molecule has 0 aromatic rings. The second kappa shape index (κ2) is 8.25. The van der Waals surface area contributed by atoms with Gasteiger partial charge in [0.05, 0.1) is 24.5 Å². The van der Waals surface area contributed by atoms with Gasteiger partial charge in [0.2, 0.25) is 5.91 Å². The van der Waals surface area contributed by atoms with Crippen LogP contribution in [-0.2, 0) is 14.3 Å². The van der Waals surface area contributed by atoms with E-state index in [4.69, 9.17) is 4.74 Å². The predicted molar refractivity (Wildman–Crippen MR) is 76.3 cm³/mol. The molecule has 0 aliphatic heterocycles. The molecule has 1 amide bonds. The van der Waals surface area contributed by atoms with Crippen molar-refractivity contribution in [3.63, 3.8) is 0 Å². The summed E-state index contributed by atoms with van der Waals surface area (Å²) in [4.78, 5) is 23.7. The molecule has 0 heterocycles. The van der Waals surface area contributed by atoms with Gasteiger partial charge < -0.3 is 15.2 Å². The molecule has 0 aromatic heterocycles. The lowest BCUT2D eigenvalue weighted by molar-refractivity contribution is -0.146. The van der Waals surface area contributed by atoms with Crippen LogP contribution in [0, 0.1) is 17.8 Å². The Kier molecular flexibility index (Phi) is 6.99. The van der Waals surface area contributed by atoms with Crippen LogP contribution in [0.5, 0.6) is 0 Å². The quantitative estimate of drug-likeness (QED) is 0.715. The fraction of sp³-hybridized carbons (Fsp3) is 0.867. The molecule has 0 saturated heterocycles. The van der Waals surface area contributed by atoms with E-state index in [0.717, 1.165) is 19.3 Å². The van der Waals surface area contributed by atoms with Gasteiger partial charge in [-0.25, -0.2) is 0 Å². The monoisotopic (exact) mass is 285 g/mol. The van der Waals surface area contributed by atoms with Gasteiger partial charge in [-0.2, -0.15) is 0 Å². The lowest BCUT2D eigenvalue weighted by Gasteiger charge is -2.21. The maximum atomic E-state index is 12.4. The minimum Gasteiger partial charge on any atom is -0.481 e. The Bertz CT molecular complexity index is 326. The number of methoxy groups -OCH3 is 1. The van der Waals surface area contributed by atoms with E-state index in [-0.39, 0.29) is 11.9 Å². The molecule has 0 bridgehead atoms. The minimum absolute atomic E-state index is 0.0207. The summed E-state index contributed by atoms with van der Waals surface area (Å²) < 4.78 is 5.11. The summed E-state index contributed by atoms with van der Waals surface area (Å²) in [6.45, 7) is 4.58. The van der Waals surface area contributed by atoms with Crippen molar-refractivity contribution in [3.05, 3.63) is 0 Å². The zero-order valence-corrected chi connectivity index (χ0v) is 12.7. The topological polar surface area (TPSA) is 75.6 Å². The number of carboxylic acids is 1. The summed E-state index contributed by atoms with van der Waals surface area (Å²) in [5, 5.41) is 12.2. The van der Waals surface area contributed by atoms with E-state index in [1.54, 1.807) is 7.11 Å². The van der Waals surface area contributed by atoms with Crippen molar-refractivity contribution in [1.29, 1.82) is 0 Å². The largest absolute Gasteiger partial charge is 0.481 e. The van der Waals surface area contributed by atoms with Gasteiger partial charge >= 0.3 is 5.97 Å². The van der Waals surface area contributed by atoms with Gasteiger partial charge in [0.15, 0.2) is 0 Å². The summed E-state index contributed by atoms with van der Waals surface area (Å²) in [5.74, 6) is -1.55. The SMILES string of the molecule is CCCC(COC)NC(=O)[C@H]1CC(CC)C[C@H]1C(=O)O. The van der Waals surface area contributed by atoms with Crippen molar-refractivity contribution in [2.75, 3.05) is 13.7 Å². The van der Waals surface area contributed by atoms with E-state index in [1.807, 2.05) is 0 Å². The van der Waals surface area contributed by atoms with E-state index in [1.165, 1.54) is 0 Å². The van der Waals surface area contributed by atoms with Crippen LogP contribution in [0.1, 0.15) is 46.0 Å². The van der Waals surface area contributed by atoms with Gasteiger partial charge in [-0.15, -0.1) is 0 Å². The number of nitrogens with one attached hydrogen (secondary N) is 1. The van der Waals surface area contributed by atoms with Crippen molar-refractivity contribution in [2.45, 2.75) is 52.0 Å². The number of rotatable bonds is 8. The summed E-state index contributed by atoms with van der Waals surface area (Å²) in [6.07, 6.45) is 4.04. The molecule has 1 aliphatic rings. The first-order valence-electron chi connectivity index (χ1n) is 7.55. The molecule has 0 aromatic carbocycles. The highest BCUT2D eigenvalue weighted by Crippen LogP contribution is 2.38. The number of aliphatic carboxylic acids is 1. The van der Waals surface area contributed by atoms with Gasteiger partial charge in [-0.1, -0.05) is 26.7 Å². The lowest BCUT2D eigenvalue weighted by Crippen LogP contribution is -2.43. The molecule has 116 valence electrons. The smallest absolute Gasteiger partial charge is 0.307 e. The Labute approximate surface area is 121 Å². The zero-order valence-electron chi connectivity index (χ0n) is 12.7. The van der Waals surface area contributed by atoms with Crippen molar-refractivity contribution in [1.82, 2.24) is 5.32 Å². The van der Waals surface area contributed by atoms with Crippen LogP contribution >= 0.6 is 0 Å². The predicted octanol–water partition coefficient (Wildman–Crippen LogP) is 2.05. The summed E-state index contributed by atoms with van der Waals surface area (Å²) >= 11 is 0. The van der Waals surface area contributed by atoms with Crippen LogP contribution in [0.3, 0.4) is 0 Å². The maximum Gasteiger partial charge on any atom is 0.307 e. The first-order valence-corrected chi connectivity index (χ1v) is 7.55. The second-order valence-electron chi connectivity index (χ2n) is 5.75. The molecule has 1 fully saturated rings. The number of hydrogen-bond acceptors (Lipinski definition) is 3. The molecule has 2 N–H and O–H groups in total. The molecular weight excluding hydrogens is 258 g/mol. The Balaban J connectivity index is 2.65. The molecule has 20 heavy (non-hydrogen) atoms. The van der Waals surface area contributed by atoms with E-state index < -0.39 is 17.8 Å². The highest BCUT2D eigenvalue weighted by atomic mass is 16.5. The van der Waals surface area contributed by atoms with Crippen LogP contribution in [-0.4, -0.2) is 36.7 Å².